The third kappa shape index (κ3) is 5.29. The van der Waals surface area contributed by atoms with E-state index in [1.165, 1.54) is 0 Å². The Morgan fingerprint density at radius 3 is 2.55 bits per heavy atom. The van der Waals surface area contributed by atoms with E-state index in [2.05, 4.69) is 25.2 Å². The lowest BCUT2D eigenvalue weighted by Crippen LogP contribution is -2.19. The van der Waals surface area contributed by atoms with Gasteiger partial charge in [-0.15, -0.1) is 0 Å². The fourth-order valence-corrected chi connectivity index (χ4v) is 1.96. The predicted octanol–water partition coefficient (Wildman–Crippen LogP) is 2.04. The Balaban J connectivity index is 1.92. The zero-order chi connectivity index (χ0) is 15.9. The Bertz CT molecular complexity index is 595. The van der Waals surface area contributed by atoms with Crippen molar-refractivity contribution in [3.8, 4) is 5.88 Å². The molecule has 22 heavy (non-hydrogen) atoms. The normalized spacial score (nSPS) is 10.8. The number of aromatic nitrogens is 3. The summed E-state index contributed by atoms with van der Waals surface area (Å²) in [5.74, 6) is 1.28. The minimum atomic E-state index is 0.622. The van der Waals surface area contributed by atoms with Crippen molar-refractivity contribution in [3.05, 3.63) is 41.3 Å². The molecule has 0 spiro atoms. The molecule has 1 N–H and O–H groups in total. The largest absolute Gasteiger partial charge is 0.476 e. The van der Waals surface area contributed by atoms with Crippen molar-refractivity contribution in [1.82, 2.24) is 19.9 Å². The molecule has 0 aromatic carbocycles. The Kier molecular flexibility index (Phi) is 5.66. The molecule has 2 aromatic heterocycles. The van der Waals surface area contributed by atoms with Gasteiger partial charge in [0.05, 0.1) is 0 Å². The molecular weight excluding hydrogens is 278 g/mol. The van der Waals surface area contributed by atoms with E-state index in [9.17, 15) is 0 Å². The highest BCUT2D eigenvalue weighted by Crippen LogP contribution is 2.11. The molecule has 2 aromatic rings. The van der Waals surface area contributed by atoms with Gasteiger partial charge in [-0.3, -0.25) is 0 Å². The molecule has 2 rings (SSSR count). The van der Waals surface area contributed by atoms with Crippen LogP contribution in [0.5, 0.6) is 5.88 Å². The summed E-state index contributed by atoms with van der Waals surface area (Å²) in [5.41, 5.74) is 2.99. The van der Waals surface area contributed by atoms with Crippen molar-refractivity contribution in [2.75, 3.05) is 32.6 Å². The zero-order valence-electron chi connectivity index (χ0n) is 13.6. The Morgan fingerprint density at radius 2 is 1.86 bits per heavy atom. The van der Waals surface area contributed by atoms with E-state index in [0.29, 0.717) is 25.0 Å². The Hall–Kier alpha value is -2.21. The number of nitrogens with zero attached hydrogens (tertiary/aromatic N) is 4. The SMILES string of the molecule is Cc1cc(C)nc(NCc2ccnc(OCCN(C)C)c2)n1. The number of ether oxygens (including phenoxy) is 1. The number of anilines is 1. The number of rotatable bonds is 7. The maximum Gasteiger partial charge on any atom is 0.223 e. The number of likely N-dealkylation sites (N-methyl/N-ethyl adjacent to an activating group) is 1. The molecular formula is C16H23N5O. The second-order valence-electron chi connectivity index (χ2n) is 5.48. The van der Waals surface area contributed by atoms with Crippen LogP contribution in [0.1, 0.15) is 17.0 Å². The fourth-order valence-electron chi connectivity index (χ4n) is 1.96. The second kappa shape index (κ2) is 7.70. The molecule has 0 fully saturated rings. The smallest absolute Gasteiger partial charge is 0.223 e. The average molecular weight is 301 g/mol. The molecule has 0 amide bonds. The van der Waals surface area contributed by atoms with Crippen LogP contribution in [0, 0.1) is 13.8 Å². The van der Waals surface area contributed by atoms with Crippen LogP contribution >= 0.6 is 0 Å². The first-order chi connectivity index (χ1) is 10.5. The molecule has 6 nitrogen and oxygen atoms in total. The second-order valence-corrected chi connectivity index (χ2v) is 5.48. The minimum Gasteiger partial charge on any atom is -0.476 e. The van der Waals surface area contributed by atoms with Gasteiger partial charge in [-0.2, -0.15) is 0 Å². The van der Waals surface area contributed by atoms with E-state index in [-0.39, 0.29) is 0 Å². The molecule has 0 unspecified atom stereocenters. The van der Waals surface area contributed by atoms with Gasteiger partial charge in [0.2, 0.25) is 11.8 Å². The summed E-state index contributed by atoms with van der Waals surface area (Å²) in [6.45, 7) is 6.04. The van der Waals surface area contributed by atoms with Gasteiger partial charge in [0.25, 0.3) is 0 Å². The summed E-state index contributed by atoms with van der Waals surface area (Å²) < 4.78 is 5.64. The maximum absolute atomic E-state index is 5.64. The van der Waals surface area contributed by atoms with Gasteiger partial charge < -0.3 is 15.0 Å². The number of aryl methyl sites for hydroxylation is 2. The fraction of sp³-hybridized carbons (Fsp3) is 0.438. The van der Waals surface area contributed by atoms with E-state index in [0.717, 1.165) is 23.5 Å². The standard InChI is InChI=1S/C16H23N5O/c1-12-9-13(2)20-16(19-12)18-11-14-5-6-17-15(10-14)22-8-7-21(3)4/h5-6,9-10H,7-8,11H2,1-4H3,(H,18,19,20). The van der Waals surface area contributed by atoms with Crippen molar-refractivity contribution in [2.24, 2.45) is 0 Å². The highest BCUT2D eigenvalue weighted by atomic mass is 16.5. The lowest BCUT2D eigenvalue weighted by atomic mass is 10.2. The molecule has 0 saturated heterocycles. The molecule has 0 aliphatic heterocycles. The van der Waals surface area contributed by atoms with Crippen LogP contribution in [0.25, 0.3) is 0 Å². The van der Waals surface area contributed by atoms with Crippen molar-refractivity contribution in [2.45, 2.75) is 20.4 Å². The number of pyridine rings is 1. The summed E-state index contributed by atoms with van der Waals surface area (Å²) in [4.78, 5) is 15.0. The quantitative estimate of drug-likeness (QED) is 0.844. The van der Waals surface area contributed by atoms with E-state index >= 15 is 0 Å². The first kappa shape index (κ1) is 16.2. The van der Waals surface area contributed by atoms with Crippen LogP contribution in [0.4, 0.5) is 5.95 Å². The molecule has 2 heterocycles. The van der Waals surface area contributed by atoms with Gasteiger partial charge in [0, 0.05) is 36.7 Å². The Morgan fingerprint density at radius 1 is 1.14 bits per heavy atom. The van der Waals surface area contributed by atoms with Crippen LogP contribution in [0.3, 0.4) is 0 Å². The summed E-state index contributed by atoms with van der Waals surface area (Å²) in [7, 11) is 4.03. The van der Waals surface area contributed by atoms with Crippen LogP contribution in [0.15, 0.2) is 24.4 Å². The topological polar surface area (TPSA) is 63.2 Å². The third-order valence-corrected chi connectivity index (χ3v) is 3.02. The van der Waals surface area contributed by atoms with E-state index < -0.39 is 0 Å². The highest BCUT2D eigenvalue weighted by molar-refractivity contribution is 5.30. The molecule has 0 aliphatic rings. The van der Waals surface area contributed by atoms with Crippen LogP contribution in [-0.4, -0.2) is 47.1 Å². The number of hydrogen-bond acceptors (Lipinski definition) is 6. The van der Waals surface area contributed by atoms with E-state index in [4.69, 9.17) is 4.74 Å². The van der Waals surface area contributed by atoms with E-state index in [1.54, 1.807) is 6.20 Å². The molecule has 118 valence electrons. The minimum absolute atomic E-state index is 0.622. The molecule has 0 saturated carbocycles. The zero-order valence-corrected chi connectivity index (χ0v) is 13.6. The third-order valence-electron chi connectivity index (χ3n) is 3.02. The van der Waals surface area contributed by atoms with Gasteiger partial charge >= 0.3 is 0 Å². The molecule has 0 bridgehead atoms. The van der Waals surface area contributed by atoms with Crippen LogP contribution < -0.4 is 10.1 Å². The first-order valence-corrected chi connectivity index (χ1v) is 7.31. The Labute approximate surface area is 131 Å². The summed E-state index contributed by atoms with van der Waals surface area (Å²) in [6, 6.07) is 5.84. The van der Waals surface area contributed by atoms with Gasteiger partial charge in [-0.05, 0) is 45.6 Å². The highest BCUT2D eigenvalue weighted by Gasteiger charge is 2.02. The first-order valence-electron chi connectivity index (χ1n) is 7.31. The van der Waals surface area contributed by atoms with Gasteiger partial charge in [0.1, 0.15) is 6.61 Å². The summed E-state index contributed by atoms with van der Waals surface area (Å²) in [5, 5.41) is 3.23. The monoisotopic (exact) mass is 301 g/mol. The summed E-state index contributed by atoms with van der Waals surface area (Å²) >= 11 is 0. The molecule has 0 radical (unpaired) electrons. The maximum atomic E-state index is 5.64. The van der Waals surface area contributed by atoms with E-state index in [1.807, 2.05) is 46.1 Å². The lowest BCUT2D eigenvalue weighted by molar-refractivity contribution is 0.253. The van der Waals surface area contributed by atoms with Gasteiger partial charge in [-0.1, -0.05) is 0 Å². The van der Waals surface area contributed by atoms with Crippen molar-refractivity contribution >= 4 is 5.95 Å². The van der Waals surface area contributed by atoms with Crippen molar-refractivity contribution in [3.63, 3.8) is 0 Å². The number of nitrogens with one attached hydrogen (secondary N) is 1. The predicted molar refractivity (Wildman–Crippen MR) is 87.1 cm³/mol. The van der Waals surface area contributed by atoms with Crippen molar-refractivity contribution in [1.29, 1.82) is 0 Å². The van der Waals surface area contributed by atoms with Gasteiger partial charge in [-0.25, -0.2) is 15.0 Å². The lowest BCUT2D eigenvalue weighted by Gasteiger charge is -2.11. The van der Waals surface area contributed by atoms with Crippen LogP contribution in [0.2, 0.25) is 0 Å². The average Bonchev–Trinajstić information content (AvgIpc) is 2.44. The molecule has 0 atom stereocenters. The van der Waals surface area contributed by atoms with Crippen molar-refractivity contribution < 1.29 is 4.74 Å². The summed E-state index contributed by atoms with van der Waals surface area (Å²) in [6.07, 6.45) is 1.75. The molecule has 0 aliphatic carbocycles. The number of hydrogen-bond donors (Lipinski definition) is 1. The van der Waals surface area contributed by atoms with Crippen LogP contribution in [-0.2, 0) is 6.54 Å². The van der Waals surface area contributed by atoms with Gasteiger partial charge in [0.15, 0.2) is 0 Å². The molecule has 6 heteroatoms.